The van der Waals surface area contributed by atoms with Gasteiger partial charge in [-0.15, -0.1) is 0 Å². The third-order valence-electron chi connectivity index (χ3n) is 3.00. The molecule has 1 aromatic heterocycles. The molecule has 0 spiro atoms. The molecule has 6 heteroatoms. The average molecular weight is 351 g/mol. The van der Waals surface area contributed by atoms with E-state index in [-0.39, 0.29) is 18.3 Å². The molecule has 0 radical (unpaired) electrons. The van der Waals surface area contributed by atoms with Crippen LogP contribution >= 0.6 is 15.9 Å². The first kappa shape index (κ1) is 15.3. The van der Waals surface area contributed by atoms with Gasteiger partial charge < -0.3 is 15.0 Å². The molecule has 2 N–H and O–H groups in total. The molecule has 1 aromatic carbocycles. The Kier molecular flexibility index (Phi) is 5.16. The molecule has 0 fully saturated rings. The molecular weight excluding hydrogens is 336 g/mol. The number of carbonyl (C=O) groups is 2. The lowest BCUT2D eigenvalue weighted by Gasteiger charge is -2.17. The van der Waals surface area contributed by atoms with Crippen molar-refractivity contribution < 1.29 is 14.3 Å². The second kappa shape index (κ2) is 7.08. The normalized spacial score (nSPS) is 11.7. The van der Waals surface area contributed by atoms with Crippen molar-refractivity contribution in [2.24, 2.45) is 0 Å². The Bertz CT molecular complexity index is 625. The molecular formula is C15H15BrN2O3. The SMILES string of the molecule is COC(=O)C[C@@H](NC(=O)c1cc(Br)c[nH]1)c1ccccc1. The van der Waals surface area contributed by atoms with E-state index in [1.54, 1.807) is 12.3 Å². The number of benzene rings is 1. The van der Waals surface area contributed by atoms with Gasteiger partial charge in [0.1, 0.15) is 5.69 Å². The number of hydrogen-bond acceptors (Lipinski definition) is 3. The van der Waals surface area contributed by atoms with Gasteiger partial charge in [0.2, 0.25) is 0 Å². The van der Waals surface area contributed by atoms with Gasteiger partial charge in [0, 0.05) is 10.7 Å². The van der Waals surface area contributed by atoms with Crippen LogP contribution in [0.25, 0.3) is 0 Å². The van der Waals surface area contributed by atoms with E-state index in [1.807, 2.05) is 30.3 Å². The number of rotatable bonds is 5. The Balaban J connectivity index is 2.16. The van der Waals surface area contributed by atoms with Gasteiger partial charge in [0.15, 0.2) is 0 Å². The number of halogens is 1. The van der Waals surface area contributed by atoms with E-state index in [1.165, 1.54) is 7.11 Å². The van der Waals surface area contributed by atoms with E-state index < -0.39 is 6.04 Å². The average Bonchev–Trinajstić information content (AvgIpc) is 2.94. The van der Waals surface area contributed by atoms with E-state index in [4.69, 9.17) is 0 Å². The largest absolute Gasteiger partial charge is 0.469 e. The molecule has 0 saturated heterocycles. The van der Waals surface area contributed by atoms with Crippen molar-refractivity contribution in [3.8, 4) is 0 Å². The van der Waals surface area contributed by atoms with Crippen molar-refractivity contribution >= 4 is 27.8 Å². The zero-order chi connectivity index (χ0) is 15.2. The molecule has 0 unspecified atom stereocenters. The second-order valence-electron chi connectivity index (χ2n) is 4.45. The van der Waals surface area contributed by atoms with Crippen molar-refractivity contribution in [2.45, 2.75) is 12.5 Å². The predicted octanol–water partition coefficient (Wildman–Crippen LogP) is 2.81. The lowest BCUT2D eigenvalue weighted by atomic mass is 10.0. The molecule has 21 heavy (non-hydrogen) atoms. The van der Waals surface area contributed by atoms with Crippen LogP contribution in [-0.4, -0.2) is 24.0 Å². The van der Waals surface area contributed by atoms with Crippen molar-refractivity contribution in [2.75, 3.05) is 7.11 Å². The number of ether oxygens (including phenoxy) is 1. The lowest BCUT2D eigenvalue weighted by molar-refractivity contribution is -0.141. The fourth-order valence-corrected chi connectivity index (χ4v) is 2.27. The Labute approximate surface area is 130 Å². The maximum atomic E-state index is 12.2. The van der Waals surface area contributed by atoms with Gasteiger partial charge in [0.25, 0.3) is 5.91 Å². The maximum Gasteiger partial charge on any atom is 0.307 e. The highest BCUT2D eigenvalue weighted by Gasteiger charge is 2.20. The van der Waals surface area contributed by atoms with E-state index in [2.05, 4.69) is 31.0 Å². The summed E-state index contributed by atoms with van der Waals surface area (Å²) in [5.41, 5.74) is 1.27. The summed E-state index contributed by atoms with van der Waals surface area (Å²) < 4.78 is 5.48. The van der Waals surface area contributed by atoms with Crippen LogP contribution in [0.5, 0.6) is 0 Å². The third kappa shape index (κ3) is 4.19. The van der Waals surface area contributed by atoms with Gasteiger partial charge in [-0.25, -0.2) is 0 Å². The first-order valence-corrected chi connectivity index (χ1v) is 7.16. The van der Waals surface area contributed by atoms with Crippen LogP contribution in [0.4, 0.5) is 0 Å². The summed E-state index contributed by atoms with van der Waals surface area (Å²) in [6.45, 7) is 0. The Morgan fingerprint density at radius 1 is 1.33 bits per heavy atom. The fourth-order valence-electron chi connectivity index (χ4n) is 1.92. The van der Waals surface area contributed by atoms with E-state index >= 15 is 0 Å². The number of aromatic nitrogens is 1. The first-order valence-electron chi connectivity index (χ1n) is 6.36. The molecule has 1 heterocycles. The summed E-state index contributed by atoms with van der Waals surface area (Å²) in [6, 6.07) is 10.6. The smallest absolute Gasteiger partial charge is 0.307 e. The highest BCUT2D eigenvalue weighted by Crippen LogP contribution is 2.18. The summed E-state index contributed by atoms with van der Waals surface area (Å²) in [4.78, 5) is 26.6. The van der Waals surface area contributed by atoms with Crippen LogP contribution in [0, 0.1) is 0 Å². The third-order valence-corrected chi connectivity index (χ3v) is 3.46. The molecule has 0 aliphatic rings. The molecule has 2 aromatic rings. The van der Waals surface area contributed by atoms with Crippen LogP contribution in [-0.2, 0) is 9.53 Å². The highest BCUT2D eigenvalue weighted by molar-refractivity contribution is 9.10. The van der Waals surface area contributed by atoms with E-state index in [0.717, 1.165) is 10.0 Å². The summed E-state index contributed by atoms with van der Waals surface area (Å²) in [5.74, 6) is -0.657. The van der Waals surface area contributed by atoms with Crippen LogP contribution < -0.4 is 5.32 Å². The summed E-state index contributed by atoms with van der Waals surface area (Å²) in [6.07, 6.45) is 1.75. The van der Waals surface area contributed by atoms with Crippen molar-refractivity contribution in [1.29, 1.82) is 0 Å². The van der Waals surface area contributed by atoms with Crippen LogP contribution in [0.15, 0.2) is 47.1 Å². The minimum atomic E-state index is -0.437. The predicted molar refractivity (Wildman–Crippen MR) is 81.8 cm³/mol. The van der Waals surface area contributed by atoms with Gasteiger partial charge in [-0.3, -0.25) is 9.59 Å². The van der Waals surface area contributed by atoms with Gasteiger partial charge in [0.05, 0.1) is 19.6 Å². The Morgan fingerprint density at radius 2 is 2.05 bits per heavy atom. The number of H-pyrrole nitrogens is 1. The van der Waals surface area contributed by atoms with Gasteiger partial charge >= 0.3 is 5.97 Å². The molecule has 1 atom stereocenters. The van der Waals surface area contributed by atoms with Gasteiger partial charge in [-0.2, -0.15) is 0 Å². The maximum absolute atomic E-state index is 12.2. The van der Waals surface area contributed by atoms with E-state index in [9.17, 15) is 9.59 Å². The fraction of sp³-hybridized carbons (Fsp3) is 0.200. The number of amides is 1. The summed E-state index contributed by atoms with van der Waals surface area (Å²) >= 11 is 3.28. The standard InChI is InChI=1S/C15H15BrN2O3/c1-21-14(19)8-12(10-5-3-2-4-6-10)18-15(20)13-7-11(16)9-17-13/h2-7,9,12,17H,8H2,1H3,(H,18,20)/t12-/m1/s1. The zero-order valence-electron chi connectivity index (χ0n) is 11.4. The number of nitrogens with one attached hydrogen (secondary N) is 2. The minimum absolute atomic E-state index is 0.0775. The van der Waals surface area contributed by atoms with Crippen LogP contribution in [0.1, 0.15) is 28.5 Å². The summed E-state index contributed by atoms with van der Waals surface area (Å²) in [7, 11) is 1.33. The first-order chi connectivity index (χ1) is 10.1. The molecule has 2 rings (SSSR count). The monoisotopic (exact) mass is 350 g/mol. The number of methoxy groups -OCH3 is 1. The number of hydrogen-bond donors (Lipinski definition) is 2. The molecule has 0 aliphatic heterocycles. The number of aromatic amines is 1. The van der Waals surface area contributed by atoms with Crippen molar-refractivity contribution in [1.82, 2.24) is 10.3 Å². The number of esters is 1. The van der Waals surface area contributed by atoms with Gasteiger partial charge in [-0.05, 0) is 27.6 Å². The highest BCUT2D eigenvalue weighted by atomic mass is 79.9. The molecule has 110 valence electrons. The minimum Gasteiger partial charge on any atom is -0.469 e. The van der Waals surface area contributed by atoms with Gasteiger partial charge in [-0.1, -0.05) is 30.3 Å². The topological polar surface area (TPSA) is 71.2 Å². The second-order valence-corrected chi connectivity index (χ2v) is 5.36. The van der Waals surface area contributed by atoms with E-state index in [0.29, 0.717) is 5.69 Å². The molecule has 0 aliphatic carbocycles. The van der Waals surface area contributed by atoms with Crippen molar-refractivity contribution in [3.63, 3.8) is 0 Å². The van der Waals surface area contributed by atoms with Crippen molar-refractivity contribution in [3.05, 3.63) is 58.3 Å². The van der Waals surface area contributed by atoms with Crippen LogP contribution in [0.3, 0.4) is 0 Å². The molecule has 1 amide bonds. The lowest BCUT2D eigenvalue weighted by Crippen LogP contribution is -2.30. The van der Waals surface area contributed by atoms with Crippen LogP contribution in [0.2, 0.25) is 0 Å². The molecule has 0 saturated carbocycles. The molecule has 5 nitrogen and oxygen atoms in total. The Hall–Kier alpha value is -2.08. The summed E-state index contributed by atoms with van der Waals surface area (Å²) in [5, 5.41) is 2.84. The number of carbonyl (C=O) groups excluding carboxylic acids is 2. The quantitative estimate of drug-likeness (QED) is 0.814. The zero-order valence-corrected chi connectivity index (χ0v) is 13.0. The molecule has 0 bridgehead atoms. The Morgan fingerprint density at radius 3 is 2.62 bits per heavy atom.